The Morgan fingerprint density at radius 2 is 0.825 bits per heavy atom. The van der Waals surface area contributed by atoms with Crippen molar-refractivity contribution >= 4 is 65.7 Å². The van der Waals surface area contributed by atoms with Gasteiger partial charge in [0.05, 0.1) is 11.0 Å². The second-order valence-electron chi connectivity index (χ2n) is 16.0. The summed E-state index contributed by atoms with van der Waals surface area (Å²) in [5, 5.41) is 6.61. The first-order chi connectivity index (χ1) is 31.2. The minimum atomic E-state index is 0.551. The number of furan rings is 2. The Hall–Kier alpha value is -8.61. The molecule has 4 heterocycles. The first-order valence-corrected chi connectivity index (χ1v) is 21.1. The highest BCUT2D eigenvalue weighted by atomic mass is 16.3. The van der Waals surface area contributed by atoms with E-state index in [0.29, 0.717) is 17.5 Å². The third kappa shape index (κ3) is 5.76. The molecular formula is C57H34N4O2. The van der Waals surface area contributed by atoms with E-state index in [4.69, 9.17) is 23.8 Å². The molecule has 9 aromatic carbocycles. The predicted octanol–water partition coefficient (Wildman–Crippen LogP) is 15.1. The summed E-state index contributed by atoms with van der Waals surface area (Å²) in [6.07, 6.45) is 0. The Morgan fingerprint density at radius 3 is 1.59 bits per heavy atom. The van der Waals surface area contributed by atoms with Crippen molar-refractivity contribution in [3.05, 3.63) is 206 Å². The average Bonchev–Trinajstić information content (AvgIpc) is 4.03. The van der Waals surface area contributed by atoms with E-state index in [2.05, 4.69) is 180 Å². The lowest BCUT2D eigenvalue weighted by atomic mass is 10.00. The monoisotopic (exact) mass is 806 g/mol. The van der Waals surface area contributed by atoms with Crippen LogP contribution in [0, 0.1) is 0 Å². The van der Waals surface area contributed by atoms with Crippen molar-refractivity contribution in [3.63, 3.8) is 0 Å². The van der Waals surface area contributed by atoms with Crippen LogP contribution in [0.1, 0.15) is 0 Å². The molecular weight excluding hydrogens is 773 g/mol. The highest BCUT2D eigenvalue weighted by Crippen LogP contribution is 2.41. The minimum absolute atomic E-state index is 0.551. The van der Waals surface area contributed by atoms with E-state index in [1.807, 2.05) is 30.3 Å². The molecule has 6 nitrogen and oxygen atoms in total. The molecule has 0 atom stereocenters. The van der Waals surface area contributed by atoms with Crippen molar-refractivity contribution in [2.24, 2.45) is 0 Å². The molecule has 0 bridgehead atoms. The second kappa shape index (κ2) is 14.0. The molecule has 0 N–H and O–H groups in total. The van der Waals surface area contributed by atoms with Gasteiger partial charge in [-0.15, -0.1) is 0 Å². The predicted molar refractivity (Wildman–Crippen MR) is 256 cm³/mol. The number of aromatic nitrogens is 4. The fourth-order valence-electron chi connectivity index (χ4n) is 9.23. The van der Waals surface area contributed by atoms with E-state index in [0.717, 1.165) is 94.0 Å². The summed E-state index contributed by atoms with van der Waals surface area (Å²) in [4.78, 5) is 15.3. The Morgan fingerprint density at radius 1 is 0.302 bits per heavy atom. The van der Waals surface area contributed by atoms with Crippen molar-refractivity contribution in [2.75, 3.05) is 0 Å². The first kappa shape index (κ1) is 35.2. The van der Waals surface area contributed by atoms with Crippen molar-refractivity contribution in [1.29, 1.82) is 0 Å². The summed E-state index contributed by atoms with van der Waals surface area (Å²) in [5.41, 5.74) is 13.7. The molecule has 0 amide bonds. The van der Waals surface area contributed by atoms with Crippen LogP contribution in [0.15, 0.2) is 215 Å². The standard InChI is InChI=1S/C57H34N4O2/c1-3-12-35(13-4-1)36-22-24-37(25-23-36)55-58-56(39-26-29-45-44-17-8-10-21-51(44)62-52(45)33-39)60-57(59-55)40-27-30-46-47-19-11-18-42(54(47)63-53(46)34-40)38-28-31-50-48(32-38)43-16-7-9-20-49(43)61(50)41-14-5-2-6-15-41/h1-34H. The van der Waals surface area contributed by atoms with Crippen LogP contribution in [0.25, 0.3) is 128 Å². The molecule has 0 saturated carbocycles. The van der Waals surface area contributed by atoms with Crippen LogP contribution < -0.4 is 0 Å². The lowest BCUT2D eigenvalue weighted by Gasteiger charge is -2.09. The second-order valence-corrected chi connectivity index (χ2v) is 16.0. The van der Waals surface area contributed by atoms with E-state index in [1.54, 1.807) is 0 Å². The fourth-order valence-corrected chi connectivity index (χ4v) is 9.23. The van der Waals surface area contributed by atoms with Crippen molar-refractivity contribution in [3.8, 4) is 62.1 Å². The molecule has 0 aliphatic heterocycles. The van der Waals surface area contributed by atoms with E-state index >= 15 is 0 Å². The molecule has 0 spiro atoms. The van der Waals surface area contributed by atoms with Gasteiger partial charge in [0.1, 0.15) is 22.3 Å². The summed E-state index contributed by atoms with van der Waals surface area (Å²) in [6.45, 7) is 0. The summed E-state index contributed by atoms with van der Waals surface area (Å²) in [5.74, 6) is 1.69. The molecule has 63 heavy (non-hydrogen) atoms. The van der Waals surface area contributed by atoms with Gasteiger partial charge in [0.2, 0.25) is 0 Å². The number of hydrogen-bond donors (Lipinski definition) is 0. The fraction of sp³-hybridized carbons (Fsp3) is 0. The Labute approximate surface area is 361 Å². The lowest BCUT2D eigenvalue weighted by Crippen LogP contribution is -2.00. The smallest absolute Gasteiger partial charge is 0.164 e. The van der Waals surface area contributed by atoms with E-state index in [9.17, 15) is 0 Å². The van der Waals surface area contributed by atoms with Crippen molar-refractivity contribution in [2.45, 2.75) is 0 Å². The van der Waals surface area contributed by atoms with Gasteiger partial charge in [-0.3, -0.25) is 0 Å². The maximum Gasteiger partial charge on any atom is 0.164 e. The summed E-state index contributed by atoms with van der Waals surface area (Å²) in [6, 6.07) is 71.6. The average molecular weight is 807 g/mol. The van der Waals surface area contributed by atoms with Gasteiger partial charge >= 0.3 is 0 Å². The van der Waals surface area contributed by atoms with E-state index in [1.165, 1.54) is 16.3 Å². The van der Waals surface area contributed by atoms with Gasteiger partial charge in [-0.05, 0) is 77.4 Å². The van der Waals surface area contributed by atoms with Crippen molar-refractivity contribution in [1.82, 2.24) is 19.5 Å². The summed E-state index contributed by atoms with van der Waals surface area (Å²) in [7, 11) is 0. The minimum Gasteiger partial charge on any atom is -0.456 e. The van der Waals surface area contributed by atoms with Gasteiger partial charge in [0, 0.05) is 60.3 Å². The Bertz CT molecular complexity index is 3900. The van der Waals surface area contributed by atoms with Crippen LogP contribution in [0.2, 0.25) is 0 Å². The number of nitrogens with zero attached hydrogens (tertiary/aromatic N) is 4. The van der Waals surface area contributed by atoms with Crippen molar-refractivity contribution < 1.29 is 8.83 Å². The topological polar surface area (TPSA) is 69.9 Å². The Balaban J connectivity index is 0.940. The molecule has 294 valence electrons. The molecule has 13 rings (SSSR count). The molecule has 0 unspecified atom stereocenters. The zero-order valence-electron chi connectivity index (χ0n) is 33.7. The Kier molecular flexibility index (Phi) is 7.80. The molecule has 13 aromatic rings. The maximum atomic E-state index is 6.85. The lowest BCUT2D eigenvalue weighted by molar-refractivity contribution is 0.669. The molecule has 0 radical (unpaired) electrons. The van der Waals surface area contributed by atoms with Gasteiger partial charge in [-0.25, -0.2) is 15.0 Å². The van der Waals surface area contributed by atoms with Crippen LogP contribution in [0.5, 0.6) is 0 Å². The number of benzene rings is 9. The van der Waals surface area contributed by atoms with Crippen LogP contribution in [-0.4, -0.2) is 19.5 Å². The first-order valence-electron chi connectivity index (χ1n) is 21.1. The number of para-hydroxylation sites is 4. The third-order valence-electron chi connectivity index (χ3n) is 12.3. The quantitative estimate of drug-likeness (QED) is 0.167. The molecule has 0 saturated heterocycles. The van der Waals surface area contributed by atoms with Gasteiger partial charge in [-0.2, -0.15) is 0 Å². The van der Waals surface area contributed by atoms with E-state index in [-0.39, 0.29) is 0 Å². The molecule has 4 aromatic heterocycles. The molecule has 0 aliphatic rings. The molecule has 6 heteroatoms. The third-order valence-corrected chi connectivity index (χ3v) is 12.3. The molecule has 0 aliphatic carbocycles. The molecule has 0 fully saturated rings. The zero-order chi connectivity index (χ0) is 41.4. The van der Waals surface area contributed by atoms with Crippen LogP contribution in [0.3, 0.4) is 0 Å². The zero-order valence-corrected chi connectivity index (χ0v) is 33.7. The highest BCUT2D eigenvalue weighted by molar-refractivity contribution is 6.13. The maximum absolute atomic E-state index is 6.85. The highest BCUT2D eigenvalue weighted by Gasteiger charge is 2.19. The van der Waals surface area contributed by atoms with Gasteiger partial charge in [-0.1, -0.05) is 146 Å². The van der Waals surface area contributed by atoms with Crippen LogP contribution in [0.4, 0.5) is 0 Å². The van der Waals surface area contributed by atoms with Gasteiger partial charge in [0.25, 0.3) is 0 Å². The number of hydrogen-bond acceptors (Lipinski definition) is 5. The summed E-state index contributed by atoms with van der Waals surface area (Å²) < 4.78 is 15.5. The normalized spacial score (nSPS) is 11.8. The van der Waals surface area contributed by atoms with Gasteiger partial charge in [0.15, 0.2) is 17.5 Å². The number of fused-ring (bicyclic) bond motifs is 9. The van der Waals surface area contributed by atoms with Crippen LogP contribution >= 0.6 is 0 Å². The largest absolute Gasteiger partial charge is 0.456 e. The van der Waals surface area contributed by atoms with E-state index < -0.39 is 0 Å². The van der Waals surface area contributed by atoms with Crippen LogP contribution in [-0.2, 0) is 0 Å². The SMILES string of the molecule is c1ccc(-c2ccc(-c3nc(-c4ccc5c(c4)oc4ccccc45)nc(-c4ccc5c(c4)oc4c(-c6ccc7c(c6)c6ccccc6n7-c6ccccc6)cccc45)n3)cc2)cc1. The summed E-state index contributed by atoms with van der Waals surface area (Å²) >= 11 is 0. The van der Waals surface area contributed by atoms with Gasteiger partial charge < -0.3 is 13.4 Å². The number of rotatable bonds is 6.